The summed E-state index contributed by atoms with van der Waals surface area (Å²) in [7, 11) is 1.62. The zero-order valence-corrected chi connectivity index (χ0v) is 13.5. The van der Waals surface area contributed by atoms with Crippen LogP contribution in [0, 0.1) is 0 Å². The van der Waals surface area contributed by atoms with E-state index < -0.39 is 0 Å². The minimum atomic E-state index is -0.168. The quantitative estimate of drug-likeness (QED) is 0.526. The Kier molecular flexibility index (Phi) is 8.67. The second-order valence-corrected chi connectivity index (χ2v) is 4.66. The topological polar surface area (TPSA) is 63.2 Å². The van der Waals surface area contributed by atoms with Gasteiger partial charge in [0.05, 0.1) is 13.3 Å². The molecule has 0 fully saturated rings. The van der Waals surface area contributed by atoms with E-state index in [4.69, 9.17) is 9.57 Å². The van der Waals surface area contributed by atoms with Crippen LogP contribution >= 0.6 is 0 Å². The van der Waals surface area contributed by atoms with Crippen molar-refractivity contribution in [1.29, 1.82) is 0 Å². The Morgan fingerprint density at radius 2 is 1.95 bits per heavy atom. The maximum absolute atomic E-state index is 11.6. The summed E-state index contributed by atoms with van der Waals surface area (Å²) >= 11 is 0. The van der Waals surface area contributed by atoms with Crippen molar-refractivity contribution in [1.82, 2.24) is 10.2 Å². The van der Waals surface area contributed by atoms with Gasteiger partial charge in [-0.15, -0.1) is 0 Å². The van der Waals surface area contributed by atoms with E-state index >= 15 is 0 Å². The molecule has 0 heterocycles. The molecule has 0 aliphatic carbocycles. The minimum absolute atomic E-state index is 0.0785. The monoisotopic (exact) mass is 307 g/mol. The van der Waals surface area contributed by atoms with Crippen molar-refractivity contribution < 1.29 is 14.4 Å². The lowest BCUT2D eigenvalue weighted by Gasteiger charge is -2.17. The van der Waals surface area contributed by atoms with Crippen LogP contribution in [0.5, 0.6) is 5.75 Å². The SMILES string of the molecule is CCN(CC)CCNC(=O)CO/N=C/c1ccc(OC)cc1. The fraction of sp³-hybridized carbons (Fsp3) is 0.500. The fourth-order valence-electron chi connectivity index (χ4n) is 1.83. The number of methoxy groups -OCH3 is 1. The molecule has 0 bridgehead atoms. The summed E-state index contributed by atoms with van der Waals surface area (Å²) in [5, 5.41) is 6.58. The van der Waals surface area contributed by atoms with Gasteiger partial charge in [-0.3, -0.25) is 4.79 Å². The van der Waals surface area contributed by atoms with Crippen LogP contribution in [-0.2, 0) is 9.63 Å². The van der Waals surface area contributed by atoms with Crippen molar-refractivity contribution in [2.45, 2.75) is 13.8 Å². The molecule has 0 saturated heterocycles. The number of amides is 1. The minimum Gasteiger partial charge on any atom is -0.497 e. The lowest BCUT2D eigenvalue weighted by molar-refractivity contribution is -0.125. The standard InChI is InChI=1S/C16H25N3O3/c1-4-19(5-2)11-10-17-16(20)13-22-18-12-14-6-8-15(21-3)9-7-14/h6-9,12H,4-5,10-11,13H2,1-3H3,(H,17,20)/b18-12+. The maximum Gasteiger partial charge on any atom is 0.260 e. The van der Waals surface area contributed by atoms with Crippen LogP contribution in [-0.4, -0.2) is 56.9 Å². The van der Waals surface area contributed by atoms with Crippen LogP contribution in [0.3, 0.4) is 0 Å². The Hall–Kier alpha value is -2.08. The van der Waals surface area contributed by atoms with E-state index in [9.17, 15) is 4.79 Å². The van der Waals surface area contributed by atoms with Crippen molar-refractivity contribution in [3.05, 3.63) is 29.8 Å². The molecule has 6 heteroatoms. The third-order valence-corrected chi connectivity index (χ3v) is 3.23. The smallest absolute Gasteiger partial charge is 0.260 e. The molecule has 1 aromatic rings. The van der Waals surface area contributed by atoms with E-state index in [2.05, 4.69) is 29.2 Å². The number of nitrogens with zero attached hydrogens (tertiary/aromatic N) is 2. The molecule has 0 saturated carbocycles. The third kappa shape index (κ3) is 7.08. The van der Waals surface area contributed by atoms with Crippen molar-refractivity contribution in [3.63, 3.8) is 0 Å². The summed E-state index contributed by atoms with van der Waals surface area (Å²) < 4.78 is 5.06. The Balaban J connectivity index is 2.19. The lowest BCUT2D eigenvalue weighted by Crippen LogP contribution is -2.36. The van der Waals surface area contributed by atoms with Gasteiger partial charge in [0.1, 0.15) is 5.75 Å². The van der Waals surface area contributed by atoms with Crippen molar-refractivity contribution in [3.8, 4) is 5.75 Å². The Bertz CT molecular complexity index is 456. The molecule has 1 N–H and O–H groups in total. The zero-order chi connectivity index (χ0) is 16.2. The maximum atomic E-state index is 11.6. The molecule has 1 rings (SSSR count). The van der Waals surface area contributed by atoms with Gasteiger partial charge in [-0.25, -0.2) is 0 Å². The highest BCUT2D eigenvalue weighted by atomic mass is 16.6. The van der Waals surface area contributed by atoms with Crippen molar-refractivity contribution in [2.75, 3.05) is 39.9 Å². The number of hydrogen-bond acceptors (Lipinski definition) is 5. The molecule has 0 unspecified atom stereocenters. The largest absolute Gasteiger partial charge is 0.497 e. The summed E-state index contributed by atoms with van der Waals surface area (Å²) in [5.74, 6) is 0.615. The van der Waals surface area contributed by atoms with Gasteiger partial charge >= 0.3 is 0 Å². The van der Waals surface area contributed by atoms with Crippen LogP contribution in [0.1, 0.15) is 19.4 Å². The van der Waals surface area contributed by atoms with Gasteiger partial charge < -0.3 is 19.8 Å². The summed E-state index contributed by atoms with van der Waals surface area (Å²) in [6, 6.07) is 7.38. The Morgan fingerprint density at radius 3 is 2.55 bits per heavy atom. The summed E-state index contributed by atoms with van der Waals surface area (Å²) in [4.78, 5) is 18.8. The van der Waals surface area contributed by atoms with Gasteiger partial charge in [0, 0.05) is 13.1 Å². The molecule has 0 aliphatic rings. The normalized spacial score (nSPS) is 10.9. The van der Waals surface area contributed by atoms with E-state index in [0.717, 1.165) is 30.9 Å². The average molecular weight is 307 g/mol. The molecule has 6 nitrogen and oxygen atoms in total. The van der Waals surface area contributed by atoms with Gasteiger partial charge in [0.25, 0.3) is 5.91 Å². The van der Waals surface area contributed by atoms with E-state index in [1.807, 2.05) is 24.3 Å². The first-order valence-electron chi connectivity index (χ1n) is 7.48. The van der Waals surface area contributed by atoms with Gasteiger partial charge in [0.15, 0.2) is 6.61 Å². The average Bonchev–Trinajstić information content (AvgIpc) is 2.56. The first-order chi connectivity index (χ1) is 10.7. The summed E-state index contributed by atoms with van der Waals surface area (Å²) in [6.07, 6.45) is 1.56. The lowest BCUT2D eigenvalue weighted by atomic mass is 10.2. The zero-order valence-electron chi connectivity index (χ0n) is 13.5. The molecule has 0 spiro atoms. The molecule has 22 heavy (non-hydrogen) atoms. The molecule has 0 aliphatic heterocycles. The predicted molar refractivity (Wildman–Crippen MR) is 87.3 cm³/mol. The second-order valence-electron chi connectivity index (χ2n) is 4.66. The number of benzene rings is 1. The molecule has 1 amide bonds. The third-order valence-electron chi connectivity index (χ3n) is 3.23. The summed E-state index contributed by atoms with van der Waals surface area (Å²) in [6.45, 7) is 7.54. The van der Waals surface area contributed by atoms with Crippen LogP contribution < -0.4 is 10.1 Å². The number of ether oxygens (including phenoxy) is 1. The van der Waals surface area contributed by atoms with Crippen molar-refractivity contribution >= 4 is 12.1 Å². The molecule has 0 atom stereocenters. The number of oxime groups is 1. The molecular weight excluding hydrogens is 282 g/mol. The van der Waals surface area contributed by atoms with Gasteiger partial charge in [-0.1, -0.05) is 19.0 Å². The first-order valence-corrected chi connectivity index (χ1v) is 7.48. The van der Waals surface area contributed by atoms with Crippen molar-refractivity contribution in [2.24, 2.45) is 5.16 Å². The molecular formula is C16H25N3O3. The van der Waals surface area contributed by atoms with Crippen LogP contribution in [0.4, 0.5) is 0 Å². The van der Waals surface area contributed by atoms with Crippen LogP contribution in [0.25, 0.3) is 0 Å². The fourth-order valence-corrected chi connectivity index (χ4v) is 1.83. The van der Waals surface area contributed by atoms with Crippen LogP contribution in [0.2, 0.25) is 0 Å². The van der Waals surface area contributed by atoms with Gasteiger partial charge in [-0.05, 0) is 42.9 Å². The molecule has 0 aromatic heterocycles. The van der Waals surface area contributed by atoms with Crippen LogP contribution in [0.15, 0.2) is 29.4 Å². The van der Waals surface area contributed by atoms with E-state index in [-0.39, 0.29) is 12.5 Å². The van der Waals surface area contributed by atoms with E-state index in [1.165, 1.54) is 0 Å². The Morgan fingerprint density at radius 1 is 1.27 bits per heavy atom. The molecule has 0 radical (unpaired) electrons. The van der Waals surface area contributed by atoms with E-state index in [0.29, 0.717) is 6.54 Å². The second kappa shape index (κ2) is 10.6. The highest BCUT2D eigenvalue weighted by Gasteiger charge is 2.02. The highest BCUT2D eigenvalue weighted by molar-refractivity contribution is 5.80. The number of nitrogens with one attached hydrogen (secondary N) is 1. The number of carbonyl (C=O) groups is 1. The number of carbonyl (C=O) groups excluding carboxylic acids is 1. The highest BCUT2D eigenvalue weighted by Crippen LogP contribution is 2.09. The first kappa shape index (κ1) is 18.0. The summed E-state index contributed by atoms with van der Waals surface area (Å²) in [5.41, 5.74) is 0.878. The molecule has 1 aromatic carbocycles. The Labute approximate surface area is 132 Å². The van der Waals surface area contributed by atoms with Gasteiger partial charge in [0.2, 0.25) is 0 Å². The van der Waals surface area contributed by atoms with Gasteiger partial charge in [-0.2, -0.15) is 0 Å². The number of hydrogen-bond donors (Lipinski definition) is 1. The number of likely N-dealkylation sites (N-methyl/N-ethyl adjacent to an activating group) is 1. The molecule has 122 valence electrons. The number of rotatable bonds is 10. The van der Waals surface area contributed by atoms with E-state index in [1.54, 1.807) is 13.3 Å². The predicted octanol–water partition coefficient (Wildman–Crippen LogP) is 1.50.